The number of H-pyrrole nitrogens is 1. The number of amides is 1. The Morgan fingerprint density at radius 2 is 2.32 bits per heavy atom. The number of hydrogen-bond donors (Lipinski definition) is 2. The van der Waals surface area contributed by atoms with E-state index in [1.165, 1.54) is 0 Å². The summed E-state index contributed by atoms with van der Waals surface area (Å²) in [4.78, 5) is 21.2. The van der Waals surface area contributed by atoms with Gasteiger partial charge in [-0.25, -0.2) is 9.78 Å². The van der Waals surface area contributed by atoms with Gasteiger partial charge in [0.2, 0.25) is 0 Å². The number of ether oxygens (including phenoxy) is 1. The molecule has 6 nitrogen and oxygen atoms in total. The number of rotatable bonds is 4. The van der Waals surface area contributed by atoms with Crippen LogP contribution < -0.4 is 5.32 Å². The van der Waals surface area contributed by atoms with Crippen LogP contribution in [-0.4, -0.2) is 46.2 Å². The Kier molecular flexibility index (Phi) is 5.11. The third-order valence-electron chi connectivity index (χ3n) is 3.85. The molecule has 22 heavy (non-hydrogen) atoms. The highest BCUT2D eigenvalue weighted by Gasteiger charge is 2.34. The Labute approximate surface area is 132 Å². The molecule has 1 aliphatic heterocycles. The average molecular weight is 308 g/mol. The van der Waals surface area contributed by atoms with Gasteiger partial charge in [0.05, 0.1) is 6.33 Å². The zero-order valence-electron chi connectivity index (χ0n) is 14.1. The Bertz CT molecular complexity index is 481. The minimum atomic E-state index is -0.441. The van der Waals surface area contributed by atoms with E-state index < -0.39 is 5.60 Å². The van der Waals surface area contributed by atoms with E-state index in [4.69, 9.17) is 4.74 Å². The summed E-state index contributed by atoms with van der Waals surface area (Å²) < 4.78 is 5.49. The lowest BCUT2D eigenvalue weighted by Crippen LogP contribution is -2.50. The molecule has 1 aromatic heterocycles. The van der Waals surface area contributed by atoms with E-state index in [1.54, 1.807) is 6.33 Å². The van der Waals surface area contributed by atoms with Crippen molar-refractivity contribution in [1.29, 1.82) is 0 Å². The van der Waals surface area contributed by atoms with Crippen molar-refractivity contribution in [2.45, 2.75) is 52.7 Å². The van der Waals surface area contributed by atoms with Gasteiger partial charge < -0.3 is 19.9 Å². The van der Waals surface area contributed by atoms with Crippen LogP contribution in [0.4, 0.5) is 4.79 Å². The fourth-order valence-corrected chi connectivity index (χ4v) is 2.82. The Morgan fingerprint density at radius 3 is 2.95 bits per heavy atom. The third-order valence-corrected chi connectivity index (χ3v) is 3.85. The second kappa shape index (κ2) is 6.69. The van der Waals surface area contributed by atoms with Crippen molar-refractivity contribution in [1.82, 2.24) is 20.2 Å². The standard InChI is InChI=1S/C16H28N4O2/c1-15(2,3)22-14(21)20-7-5-6-16(4,11-20)10-17-8-13-9-18-12-19-13/h9,12,17H,5-8,10-11H2,1-4H3,(H,18,19). The van der Waals surface area contributed by atoms with Crippen LogP contribution in [0.5, 0.6) is 0 Å². The van der Waals surface area contributed by atoms with Crippen LogP contribution in [0.15, 0.2) is 12.5 Å². The summed E-state index contributed by atoms with van der Waals surface area (Å²) in [6.45, 7) is 11.1. The highest BCUT2D eigenvalue weighted by atomic mass is 16.6. The molecule has 0 aliphatic carbocycles. The molecule has 1 amide bonds. The molecule has 1 fully saturated rings. The van der Waals surface area contributed by atoms with Crippen molar-refractivity contribution < 1.29 is 9.53 Å². The molecule has 0 radical (unpaired) electrons. The third kappa shape index (κ3) is 5.02. The van der Waals surface area contributed by atoms with Crippen LogP contribution >= 0.6 is 0 Å². The highest BCUT2D eigenvalue weighted by Crippen LogP contribution is 2.29. The second-order valence-electron chi connectivity index (χ2n) is 7.50. The smallest absolute Gasteiger partial charge is 0.410 e. The number of nitrogens with one attached hydrogen (secondary N) is 2. The molecule has 1 atom stereocenters. The van der Waals surface area contributed by atoms with Crippen molar-refractivity contribution in [3.8, 4) is 0 Å². The number of carbonyl (C=O) groups excluding carboxylic acids is 1. The zero-order valence-corrected chi connectivity index (χ0v) is 14.1. The minimum absolute atomic E-state index is 0.0785. The monoisotopic (exact) mass is 308 g/mol. The fourth-order valence-electron chi connectivity index (χ4n) is 2.82. The molecule has 1 aromatic rings. The van der Waals surface area contributed by atoms with Crippen molar-refractivity contribution in [3.05, 3.63) is 18.2 Å². The van der Waals surface area contributed by atoms with Gasteiger partial charge in [-0.15, -0.1) is 0 Å². The Hall–Kier alpha value is -1.56. The number of imidazole rings is 1. The number of aromatic amines is 1. The largest absolute Gasteiger partial charge is 0.444 e. The van der Waals surface area contributed by atoms with Gasteiger partial charge in [-0.05, 0) is 39.0 Å². The number of aromatic nitrogens is 2. The minimum Gasteiger partial charge on any atom is -0.444 e. The molecule has 2 N–H and O–H groups in total. The van der Waals surface area contributed by atoms with Gasteiger partial charge in [-0.1, -0.05) is 6.92 Å². The highest BCUT2D eigenvalue weighted by molar-refractivity contribution is 5.68. The predicted molar refractivity (Wildman–Crippen MR) is 85.4 cm³/mol. The molecule has 6 heteroatoms. The molecule has 0 saturated carbocycles. The molecule has 124 valence electrons. The zero-order chi connectivity index (χ0) is 16.2. The molecule has 1 aliphatic rings. The lowest BCUT2D eigenvalue weighted by molar-refractivity contribution is 0.00674. The first-order chi connectivity index (χ1) is 10.3. The molecule has 0 bridgehead atoms. The van der Waals surface area contributed by atoms with E-state index in [-0.39, 0.29) is 11.5 Å². The maximum Gasteiger partial charge on any atom is 0.410 e. The van der Waals surface area contributed by atoms with Crippen LogP contribution in [0.3, 0.4) is 0 Å². The van der Waals surface area contributed by atoms with Crippen LogP contribution in [-0.2, 0) is 11.3 Å². The molecule has 1 unspecified atom stereocenters. The van der Waals surface area contributed by atoms with Gasteiger partial charge >= 0.3 is 6.09 Å². The number of likely N-dealkylation sites (tertiary alicyclic amines) is 1. The summed E-state index contributed by atoms with van der Waals surface area (Å²) in [6, 6.07) is 0. The topological polar surface area (TPSA) is 70.2 Å². The van der Waals surface area contributed by atoms with E-state index in [1.807, 2.05) is 31.9 Å². The van der Waals surface area contributed by atoms with Crippen molar-refractivity contribution >= 4 is 6.09 Å². The van der Waals surface area contributed by atoms with Gasteiger partial charge in [-0.2, -0.15) is 0 Å². The van der Waals surface area contributed by atoms with E-state index in [9.17, 15) is 4.79 Å². The number of piperidine rings is 1. The lowest BCUT2D eigenvalue weighted by Gasteiger charge is -2.41. The summed E-state index contributed by atoms with van der Waals surface area (Å²) in [7, 11) is 0. The Balaban J connectivity index is 1.84. The molecule has 2 rings (SSSR count). The van der Waals surface area contributed by atoms with Gasteiger partial charge in [0.25, 0.3) is 0 Å². The first-order valence-electron chi connectivity index (χ1n) is 7.93. The summed E-state index contributed by atoms with van der Waals surface area (Å²) in [6.07, 6.45) is 5.43. The van der Waals surface area contributed by atoms with E-state index >= 15 is 0 Å². The first-order valence-corrected chi connectivity index (χ1v) is 7.93. The van der Waals surface area contributed by atoms with Crippen LogP contribution in [0, 0.1) is 5.41 Å². The lowest BCUT2D eigenvalue weighted by atomic mass is 9.82. The molecular weight excluding hydrogens is 280 g/mol. The maximum atomic E-state index is 12.2. The maximum absolute atomic E-state index is 12.2. The summed E-state index contributed by atoms with van der Waals surface area (Å²) >= 11 is 0. The van der Waals surface area contributed by atoms with Gasteiger partial charge in [-0.3, -0.25) is 0 Å². The molecular formula is C16H28N4O2. The van der Waals surface area contributed by atoms with Gasteiger partial charge in [0.1, 0.15) is 5.60 Å². The normalized spacial score (nSPS) is 22.6. The summed E-state index contributed by atoms with van der Waals surface area (Å²) in [5.41, 5.74) is 0.710. The molecule has 2 heterocycles. The predicted octanol–water partition coefficient (Wildman–Crippen LogP) is 2.54. The van der Waals surface area contributed by atoms with Crippen LogP contribution in [0.1, 0.15) is 46.2 Å². The molecule has 0 spiro atoms. The fraction of sp³-hybridized carbons (Fsp3) is 0.750. The van der Waals surface area contributed by atoms with Gasteiger partial charge in [0.15, 0.2) is 0 Å². The number of nitrogens with zero attached hydrogens (tertiary/aromatic N) is 2. The second-order valence-corrected chi connectivity index (χ2v) is 7.50. The summed E-state index contributed by atoms with van der Waals surface area (Å²) in [5, 5.41) is 3.46. The summed E-state index contributed by atoms with van der Waals surface area (Å²) in [5.74, 6) is 0. The average Bonchev–Trinajstić information content (AvgIpc) is 2.90. The number of carbonyl (C=O) groups is 1. The molecule has 0 aromatic carbocycles. The molecule has 1 saturated heterocycles. The van der Waals surface area contributed by atoms with E-state index in [2.05, 4.69) is 22.2 Å². The van der Waals surface area contributed by atoms with Crippen molar-refractivity contribution in [2.75, 3.05) is 19.6 Å². The van der Waals surface area contributed by atoms with Gasteiger partial charge in [0, 0.05) is 38.1 Å². The van der Waals surface area contributed by atoms with Crippen molar-refractivity contribution in [3.63, 3.8) is 0 Å². The van der Waals surface area contributed by atoms with E-state index in [0.717, 1.165) is 44.7 Å². The SMILES string of the molecule is CC1(CNCc2cnc[nH]2)CCCN(C(=O)OC(C)(C)C)C1. The number of hydrogen-bond acceptors (Lipinski definition) is 4. The quantitative estimate of drug-likeness (QED) is 0.897. The van der Waals surface area contributed by atoms with Crippen LogP contribution in [0.25, 0.3) is 0 Å². The van der Waals surface area contributed by atoms with Crippen molar-refractivity contribution in [2.24, 2.45) is 5.41 Å². The Morgan fingerprint density at radius 1 is 1.55 bits per heavy atom. The first kappa shape index (κ1) is 16.8. The van der Waals surface area contributed by atoms with E-state index in [0.29, 0.717) is 0 Å². The van der Waals surface area contributed by atoms with Crippen LogP contribution in [0.2, 0.25) is 0 Å².